The van der Waals surface area contributed by atoms with Crippen LogP contribution >= 0.6 is 33.9 Å². The molecule has 4 heteroatoms. The first-order chi connectivity index (χ1) is 10.2. The summed E-state index contributed by atoms with van der Waals surface area (Å²) in [7, 11) is 0. The first-order valence-electron chi connectivity index (χ1n) is 6.85. The third kappa shape index (κ3) is 2.98. The molecular weight excluding hydrogens is 396 g/mol. The molecular formula is C17H15FINS. The van der Waals surface area contributed by atoms with Crippen LogP contribution in [0.15, 0.2) is 47.8 Å². The minimum atomic E-state index is -0.187. The molecule has 1 N–H and O–H groups in total. The Kier molecular flexibility index (Phi) is 4.57. The van der Waals surface area contributed by atoms with Gasteiger partial charge >= 0.3 is 0 Å². The van der Waals surface area contributed by atoms with Gasteiger partial charge in [0.2, 0.25) is 0 Å². The Morgan fingerprint density at radius 2 is 2.05 bits per heavy atom. The van der Waals surface area contributed by atoms with Gasteiger partial charge in [0.1, 0.15) is 5.82 Å². The highest BCUT2D eigenvalue weighted by Gasteiger charge is 2.18. The number of hydrogen-bond acceptors (Lipinski definition) is 2. The van der Waals surface area contributed by atoms with Crippen molar-refractivity contribution in [3.63, 3.8) is 0 Å². The van der Waals surface area contributed by atoms with Crippen LogP contribution in [-0.2, 0) is 0 Å². The van der Waals surface area contributed by atoms with Gasteiger partial charge in [-0.3, -0.25) is 0 Å². The van der Waals surface area contributed by atoms with E-state index in [2.05, 4.69) is 64.5 Å². The van der Waals surface area contributed by atoms with Gasteiger partial charge in [0.25, 0.3) is 0 Å². The summed E-state index contributed by atoms with van der Waals surface area (Å²) in [6.45, 7) is 2.96. The minimum Gasteiger partial charge on any atom is -0.306 e. The lowest BCUT2D eigenvalue weighted by Gasteiger charge is -2.21. The van der Waals surface area contributed by atoms with Crippen LogP contribution in [0.3, 0.4) is 0 Å². The van der Waals surface area contributed by atoms with Crippen molar-refractivity contribution in [2.24, 2.45) is 0 Å². The third-order valence-electron chi connectivity index (χ3n) is 3.50. The SMILES string of the molecule is CCNC(c1ccc(F)cc1I)c1cccc2ccsc12. The predicted octanol–water partition coefficient (Wildman–Crippen LogP) is 5.34. The van der Waals surface area contributed by atoms with Gasteiger partial charge in [-0.05, 0) is 69.2 Å². The van der Waals surface area contributed by atoms with Crippen LogP contribution in [0.5, 0.6) is 0 Å². The molecule has 0 fully saturated rings. The summed E-state index contributed by atoms with van der Waals surface area (Å²) in [6.07, 6.45) is 0. The number of rotatable bonds is 4. The Morgan fingerprint density at radius 1 is 1.19 bits per heavy atom. The van der Waals surface area contributed by atoms with Crippen LogP contribution < -0.4 is 5.32 Å². The molecule has 0 spiro atoms. The fourth-order valence-electron chi connectivity index (χ4n) is 2.57. The van der Waals surface area contributed by atoms with E-state index in [0.717, 1.165) is 15.7 Å². The molecule has 0 saturated carbocycles. The Morgan fingerprint density at radius 3 is 2.81 bits per heavy atom. The van der Waals surface area contributed by atoms with E-state index in [1.807, 2.05) is 6.07 Å². The lowest BCUT2D eigenvalue weighted by atomic mass is 9.97. The van der Waals surface area contributed by atoms with Crippen molar-refractivity contribution in [2.45, 2.75) is 13.0 Å². The van der Waals surface area contributed by atoms with Crippen molar-refractivity contribution in [1.82, 2.24) is 5.32 Å². The van der Waals surface area contributed by atoms with Gasteiger partial charge in [0.15, 0.2) is 0 Å². The van der Waals surface area contributed by atoms with Gasteiger partial charge in [-0.15, -0.1) is 11.3 Å². The van der Waals surface area contributed by atoms with Crippen LogP contribution in [0.25, 0.3) is 10.1 Å². The highest BCUT2D eigenvalue weighted by atomic mass is 127. The van der Waals surface area contributed by atoms with Crippen molar-refractivity contribution >= 4 is 44.0 Å². The molecule has 0 radical (unpaired) electrons. The van der Waals surface area contributed by atoms with E-state index in [9.17, 15) is 4.39 Å². The molecule has 2 aromatic carbocycles. The molecule has 3 aromatic rings. The summed E-state index contributed by atoms with van der Waals surface area (Å²) in [6, 6.07) is 13.6. The second-order valence-corrected chi connectivity index (χ2v) is 6.92. The summed E-state index contributed by atoms with van der Waals surface area (Å²) in [5.74, 6) is -0.187. The van der Waals surface area contributed by atoms with Crippen LogP contribution in [0.2, 0.25) is 0 Å². The first-order valence-corrected chi connectivity index (χ1v) is 8.81. The third-order valence-corrected chi connectivity index (χ3v) is 5.42. The van der Waals surface area contributed by atoms with Gasteiger partial charge in [-0.25, -0.2) is 4.39 Å². The number of thiophene rings is 1. The van der Waals surface area contributed by atoms with E-state index in [4.69, 9.17) is 0 Å². The molecule has 1 unspecified atom stereocenters. The lowest BCUT2D eigenvalue weighted by Crippen LogP contribution is -2.23. The molecule has 0 aliphatic rings. The number of benzene rings is 2. The quantitative estimate of drug-likeness (QED) is 0.572. The molecule has 108 valence electrons. The smallest absolute Gasteiger partial charge is 0.124 e. The number of hydrogen-bond donors (Lipinski definition) is 1. The Balaban J connectivity index is 2.15. The lowest BCUT2D eigenvalue weighted by molar-refractivity contribution is 0.612. The first kappa shape index (κ1) is 14.9. The molecule has 1 aromatic heterocycles. The van der Waals surface area contributed by atoms with E-state index in [0.29, 0.717) is 0 Å². The fraction of sp³-hybridized carbons (Fsp3) is 0.176. The van der Waals surface area contributed by atoms with Crippen molar-refractivity contribution in [3.05, 3.63) is 68.4 Å². The Bertz CT molecular complexity index is 768. The minimum absolute atomic E-state index is 0.0878. The van der Waals surface area contributed by atoms with Crippen molar-refractivity contribution in [1.29, 1.82) is 0 Å². The van der Waals surface area contributed by atoms with E-state index < -0.39 is 0 Å². The monoisotopic (exact) mass is 411 g/mol. The van der Waals surface area contributed by atoms with E-state index in [1.165, 1.54) is 21.7 Å². The highest BCUT2D eigenvalue weighted by molar-refractivity contribution is 14.1. The second kappa shape index (κ2) is 6.42. The zero-order chi connectivity index (χ0) is 14.8. The summed E-state index contributed by atoms with van der Waals surface area (Å²) < 4.78 is 15.6. The molecule has 0 aliphatic heterocycles. The molecule has 1 nitrogen and oxygen atoms in total. The largest absolute Gasteiger partial charge is 0.306 e. The standard InChI is InChI=1S/C17H15FINS/c1-2-20-16(13-7-6-12(18)10-15(13)19)14-5-3-4-11-8-9-21-17(11)14/h3-10,16,20H,2H2,1H3. The predicted molar refractivity (Wildman–Crippen MR) is 96.5 cm³/mol. The topological polar surface area (TPSA) is 12.0 Å². The summed E-state index contributed by atoms with van der Waals surface area (Å²) in [5.41, 5.74) is 2.38. The van der Waals surface area contributed by atoms with E-state index >= 15 is 0 Å². The number of fused-ring (bicyclic) bond motifs is 1. The molecule has 21 heavy (non-hydrogen) atoms. The second-order valence-electron chi connectivity index (χ2n) is 4.84. The molecule has 0 bridgehead atoms. The highest BCUT2D eigenvalue weighted by Crippen LogP contribution is 2.34. The van der Waals surface area contributed by atoms with Crippen LogP contribution in [0.4, 0.5) is 4.39 Å². The van der Waals surface area contributed by atoms with Gasteiger partial charge in [0, 0.05) is 8.27 Å². The van der Waals surface area contributed by atoms with Crippen LogP contribution in [0.1, 0.15) is 24.1 Å². The van der Waals surface area contributed by atoms with Crippen molar-refractivity contribution in [2.75, 3.05) is 6.54 Å². The number of halogens is 2. The van der Waals surface area contributed by atoms with Gasteiger partial charge in [-0.2, -0.15) is 0 Å². The van der Waals surface area contributed by atoms with Gasteiger partial charge in [0.05, 0.1) is 6.04 Å². The average Bonchev–Trinajstić information content (AvgIpc) is 2.94. The summed E-state index contributed by atoms with van der Waals surface area (Å²) in [4.78, 5) is 0. The van der Waals surface area contributed by atoms with Gasteiger partial charge < -0.3 is 5.32 Å². The van der Waals surface area contributed by atoms with Crippen LogP contribution in [-0.4, -0.2) is 6.54 Å². The maximum atomic E-state index is 13.4. The molecule has 0 aliphatic carbocycles. The van der Waals surface area contributed by atoms with E-state index in [-0.39, 0.29) is 11.9 Å². The summed E-state index contributed by atoms with van der Waals surface area (Å²) >= 11 is 3.97. The molecule has 0 amide bonds. The number of nitrogens with one attached hydrogen (secondary N) is 1. The zero-order valence-corrected chi connectivity index (χ0v) is 14.5. The average molecular weight is 411 g/mol. The Labute approximate surface area is 141 Å². The summed E-state index contributed by atoms with van der Waals surface area (Å²) in [5, 5.41) is 6.92. The normalized spacial score (nSPS) is 12.7. The molecule has 1 heterocycles. The van der Waals surface area contributed by atoms with Crippen molar-refractivity contribution < 1.29 is 4.39 Å². The fourth-order valence-corrected chi connectivity index (χ4v) is 4.30. The van der Waals surface area contributed by atoms with Crippen LogP contribution in [0, 0.1) is 9.39 Å². The molecule has 1 atom stereocenters. The van der Waals surface area contributed by atoms with E-state index in [1.54, 1.807) is 17.4 Å². The Hall–Kier alpha value is -0.980. The maximum absolute atomic E-state index is 13.4. The molecule has 0 saturated heterocycles. The molecule has 3 rings (SSSR count). The van der Waals surface area contributed by atoms with Crippen molar-refractivity contribution in [3.8, 4) is 0 Å². The maximum Gasteiger partial charge on any atom is 0.124 e. The van der Waals surface area contributed by atoms with Gasteiger partial charge in [-0.1, -0.05) is 31.2 Å². The zero-order valence-electron chi connectivity index (χ0n) is 11.6.